The summed E-state index contributed by atoms with van der Waals surface area (Å²) < 4.78 is 4.49. The second-order valence-corrected chi connectivity index (χ2v) is 2.80. The van der Waals surface area contributed by atoms with E-state index in [4.69, 9.17) is 5.73 Å². The summed E-state index contributed by atoms with van der Waals surface area (Å²) in [5.41, 5.74) is 5.53. The summed E-state index contributed by atoms with van der Waals surface area (Å²) in [5.74, 6) is -0.130. The molecule has 12 heavy (non-hydrogen) atoms. The van der Waals surface area contributed by atoms with Gasteiger partial charge in [-0.05, 0) is 19.8 Å². The van der Waals surface area contributed by atoms with Gasteiger partial charge in [0.15, 0.2) is 0 Å². The van der Waals surface area contributed by atoms with Crippen LogP contribution in [0.1, 0.15) is 32.6 Å². The molecule has 0 saturated carbocycles. The molecule has 0 heterocycles. The summed E-state index contributed by atoms with van der Waals surface area (Å²) in [6.07, 6.45) is 3.39. The first-order chi connectivity index (χ1) is 5.16. The highest BCUT2D eigenvalue weighted by Crippen LogP contribution is 2.02. The Bertz CT molecular complexity index is 118. The molecule has 0 spiro atoms. The molecule has 0 aliphatic carbocycles. The number of esters is 1. The van der Waals surface area contributed by atoms with Crippen molar-refractivity contribution in [3.05, 3.63) is 0 Å². The monoisotopic (exact) mass is 195 g/mol. The molecule has 4 heteroatoms. The van der Waals surface area contributed by atoms with Crippen LogP contribution in [0.2, 0.25) is 0 Å². The molecule has 74 valence electrons. The van der Waals surface area contributed by atoms with E-state index in [0.717, 1.165) is 19.3 Å². The van der Waals surface area contributed by atoms with Gasteiger partial charge in [-0.25, -0.2) is 0 Å². The van der Waals surface area contributed by atoms with Gasteiger partial charge in [0, 0.05) is 12.5 Å². The molecule has 0 amide bonds. The third kappa shape index (κ3) is 9.72. The lowest BCUT2D eigenvalue weighted by Gasteiger charge is -2.02. The Hall–Kier alpha value is -0.280. The van der Waals surface area contributed by atoms with Crippen LogP contribution in [0.3, 0.4) is 0 Å². The molecular weight excluding hydrogens is 178 g/mol. The molecule has 0 aromatic rings. The maximum atomic E-state index is 10.6. The van der Waals surface area contributed by atoms with E-state index in [0.29, 0.717) is 6.42 Å². The zero-order chi connectivity index (χ0) is 8.69. The first-order valence-electron chi connectivity index (χ1n) is 3.99. The van der Waals surface area contributed by atoms with Crippen LogP contribution in [0.4, 0.5) is 0 Å². The van der Waals surface area contributed by atoms with Crippen LogP contribution in [0.5, 0.6) is 0 Å². The summed E-state index contributed by atoms with van der Waals surface area (Å²) in [6.45, 7) is 1.97. The number of hydrogen-bond acceptors (Lipinski definition) is 3. The zero-order valence-electron chi connectivity index (χ0n) is 7.71. The topological polar surface area (TPSA) is 52.3 Å². The lowest BCUT2D eigenvalue weighted by Crippen LogP contribution is -2.14. The Kier molecular flexibility index (Phi) is 10.5. The number of carbonyl (C=O) groups is 1. The number of ether oxygens (including phenoxy) is 1. The molecule has 1 unspecified atom stereocenters. The molecule has 0 bridgehead atoms. The molecular formula is C8H18ClNO2. The van der Waals surface area contributed by atoms with Crippen LogP contribution in [0, 0.1) is 0 Å². The van der Waals surface area contributed by atoms with Crippen LogP contribution >= 0.6 is 12.4 Å². The van der Waals surface area contributed by atoms with Crippen LogP contribution in [0.25, 0.3) is 0 Å². The van der Waals surface area contributed by atoms with Crippen LogP contribution < -0.4 is 5.73 Å². The van der Waals surface area contributed by atoms with Crippen molar-refractivity contribution in [2.75, 3.05) is 7.11 Å². The summed E-state index contributed by atoms with van der Waals surface area (Å²) in [5, 5.41) is 0. The fraction of sp³-hybridized carbons (Fsp3) is 0.875. The Labute approximate surface area is 80.1 Å². The second-order valence-electron chi connectivity index (χ2n) is 2.80. The maximum Gasteiger partial charge on any atom is 0.305 e. The summed E-state index contributed by atoms with van der Waals surface area (Å²) in [4.78, 5) is 10.6. The normalized spacial score (nSPS) is 11.6. The summed E-state index contributed by atoms with van der Waals surface area (Å²) in [7, 11) is 1.41. The van der Waals surface area contributed by atoms with Gasteiger partial charge >= 0.3 is 5.97 Å². The second kappa shape index (κ2) is 8.81. The van der Waals surface area contributed by atoms with Crippen LogP contribution in [0.15, 0.2) is 0 Å². The fourth-order valence-corrected chi connectivity index (χ4v) is 0.838. The maximum absolute atomic E-state index is 10.6. The van der Waals surface area contributed by atoms with Crippen molar-refractivity contribution in [3.63, 3.8) is 0 Å². The van der Waals surface area contributed by atoms with Crippen LogP contribution in [-0.4, -0.2) is 19.1 Å². The Morgan fingerprint density at radius 1 is 1.50 bits per heavy atom. The smallest absolute Gasteiger partial charge is 0.305 e. The molecule has 3 nitrogen and oxygen atoms in total. The van der Waals surface area contributed by atoms with Crippen molar-refractivity contribution in [3.8, 4) is 0 Å². The van der Waals surface area contributed by atoms with E-state index in [1.54, 1.807) is 0 Å². The molecule has 0 aromatic heterocycles. The van der Waals surface area contributed by atoms with Crippen molar-refractivity contribution in [1.82, 2.24) is 0 Å². The van der Waals surface area contributed by atoms with Gasteiger partial charge in [-0.2, -0.15) is 0 Å². The van der Waals surface area contributed by atoms with E-state index in [-0.39, 0.29) is 24.4 Å². The van der Waals surface area contributed by atoms with E-state index in [1.807, 2.05) is 6.92 Å². The van der Waals surface area contributed by atoms with Gasteiger partial charge in [0.25, 0.3) is 0 Å². The van der Waals surface area contributed by atoms with Gasteiger partial charge in [0.05, 0.1) is 7.11 Å². The quantitative estimate of drug-likeness (QED) is 0.534. The molecule has 0 fully saturated rings. The number of hydrogen-bond donors (Lipinski definition) is 1. The van der Waals surface area contributed by atoms with E-state index >= 15 is 0 Å². The van der Waals surface area contributed by atoms with Crippen molar-refractivity contribution in [1.29, 1.82) is 0 Å². The molecule has 2 N–H and O–H groups in total. The van der Waals surface area contributed by atoms with Crippen LogP contribution in [-0.2, 0) is 9.53 Å². The van der Waals surface area contributed by atoms with Crippen molar-refractivity contribution in [2.24, 2.45) is 5.73 Å². The lowest BCUT2D eigenvalue weighted by molar-refractivity contribution is -0.140. The van der Waals surface area contributed by atoms with Crippen molar-refractivity contribution in [2.45, 2.75) is 38.6 Å². The SMILES string of the molecule is COC(=O)CCCCC(C)N.Cl. The number of halogens is 1. The largest absolute Gasteiger partial charge is 0.469 e. The minimum Gasteiger partial charge on any atom is -0.469 e. The number of methoxy groups -OCH3 is 1. The molecule has 1 atom stereocenters. The average molecular weight is 196 g/mol. The molecule has 0 radical (unpaired) electrons. The van der Waals surface area contributed by atoms with E-state index in [2.05, 4.69) is 4.74 Å². The third-order valence-corrected chi connectivity index (χ3v) is 1.52. The summed E-state index contributed by atoms with van der Waals surface area (Å²) >= 11 is 0. The molecule has 0 aliphatic heterocycles. The summed E-state index contributed by atoms with van der Waals surface area (Å²) in [6, 6.07) is 0.243. The highest BCUT2D eigenvalue weighted by molar-refractivity contribution is 5.85. The number of carbonyl (C=O) groups excluding carboxylic acids is 1. The highest BCUT2D eigenvalue weighted by Gasteiger charge is 1.99. The number of nitrogens with two attached hydrogens (primary N) is 1. The van der Waals surface area contributed by atoms with E-state index < -0.39 is 0 Å². The van der Waals surface area contributed by atoms with Gasteiger partial charge in [0.2, 0.25) is 0 Å². The number of rotatable bonds is 5. The highest BCUT2D eigenvalue weighted by atomic mass is 35.5. The Morgan fingerprint density at radius 2 is 2.08 bits per heavy atom. The Morgan fingerprint density at radius 3 is 2.50 bits per heavy atom. The van der Waals surface area contributed by atoms with Gasteiger partial charge in [-0.3, -0.25) is 4.79 Å². The van der Waals surface area contributed by atoms with E-state index in [9.17, 15) is 4.79 Å². The zero-order valence-corrected chi connectivity index (χ0v) is 8.52. The Balaban J connectivity index is 0. The number of unbranched alkanes of at least 4 members (excludes halogenated alkanes) is 1. The first kappa shape index (κ1) is 14.3. The van der Waals surface area contributed by atoms with E-state index in [1.165, 1.54) is 7.11 Å². The minimum atomic E-state index is -0.130. The molecule has 0 aromatic carbocycles. The fourth-order valence-electron chi connectivity index (χ4n) is 0.838. The van der Waals surface area contributed by atoms with Gasteiger partial charge in [-0.1, -0.05) is 6.42 Å². The lowest BCUT2D eigenvalue weighted by atomic mass is 10.1. The van der Waals surface area contributed by atoms with Gasteiger partial charge in [0.1, 0.15) is 0 Å². The predicted molar refractivity (Wildman–Crippen MR) is 51.4 cm³/mol. The molecule has 0 rings (SSSR count). The average Bonchev–Trinajstić information content (AvgIpc) is 1.97. The minimum absolute atomic E-state index is 0. The van der Waals surface area contributed by atoms with Crippen molar-refractivity contribution >= 4 is 18.4 Å². The predicted octanol–water partition coefficient (Wildman–Crippen LogP) is 1.49. The molecule has 0 aliphatic rings. The first-order valence-corrected chi connectivity index (χ1v) is 3.99. The van der Waals surface area contributed by atoms with Crippen molar-refractivity contribution < 1.29 is 9.53 Å². The standard InChI is InChI=1S/C8H17NO2.ClH/c1-7(9)5-3-4-6-8(10)11-2;/h7H,3-6,9H2,1-2H3;1H. The van der Waals surface area contributed by atoms with Gasteiger partial charge in [-0.15, -0.1) is 12.4 Å². The third-order valence-electron chi connectivity index (χ3n) is 1.52. The molecule has 0 saturated heterocycles. The van der Waals surface area contributed by atoms with Gasteiger partial charge < -0.3 is 10.5 Å².